The van der Waals surface area contributed by atoms with Crippen LogP contribution in [0, 0.1) is 5.92 Å². The van der Waals surface area contributed by atoms with E-state index in [1.54, 1.807) is 0 Å². The van der Waals surface area contributed by atoms with Crippen molar-refractivity contribution in [2.75, 3.05) is 13.1 Å². The summed E-state index contributed by atoms with van der Waals surface area (Å²) >= 11 is 0. The number of amides is 1. The molecule has 1 heterocycles. The molecule has 0 spiro atoms. The Morgan fingerprint density at radius 1 is 1.46 bits per heavy atom. The van der Waals surface area contributed by atoms with Crippen molar-refractivity contribution in [1.29, 1.82) is 0 Å². The minimum atomic E-state index is 0.344. The molecule has 0 aliphatic carbocycles. The van der Waals surface area contributed by atoms with Crippen LogP contribution in [0.25, 0.3) is 0 Å². The molecule has 1 unspecified atom stereocenters. The van der Waals surface area contributed by atoms with Crippen LogP contribution in [-0.4, -0.2) is 23.9 Å². The fourth-order valence-electron chi connectivity index (χ4n) is 1.53. The van der Waals surface area contributed by atoms with E-state index in [9.17, 15) is 4.79 Å². The molecular weight excluding hydrogens is 162 g/mol. The van der Waals surface area contributed by atoms with Gasteiger partial charge >= 0.3 is 0 Å². The molecule has 1 rings (SSSR count). The third-order valence-electron chi connectivity index (χ3n) is 2.24. The Morgan fingerprint density at radius 3 is 2.46 bits per heavy atom. The van der Waals surface area contributed by atoms with Gasteiger partial charge in [0, 0.05) is 19.5 Å². The number of hydrogen-bond donors (Lipinski definition) is 0. The van der Waals surface area contributed by atoms with Crippen LogP contribution >= 0.6 is 0 Å². The summed E-state index contributed by atoms with van der Waals surface area (Å²) in [5, 5.41) is 0. The molecule has 0 aromatic heterocycles. The summed E-state index contributed by atoms with van der Waals surface area (Å²) in [6.45, 7) is 10.2. The molecule has 1 saturated heterocycles. The normalized spacial score (nSPS) is 20.9. The standard InChI is InChI=1S/C9H17NO.C2H6/c1-3-4-9(11)10-6-5-8(2)7-10;1-2/h8H,3-7H2,1-2H3;1-2H3. The average molecular weight is 185 g/mol. The summed E-state index contributed by atoms with van der Waals surface area (Å²) in [5.74, 6) is 1.06. The van der Waals surface area contributed by atoms with Crippen LogP contribution in [0.2, 0.25) is 0 Å². The predicted molar refractivity (Wildman–Crippen MR) is 56.6 cm³/mol. The Morgan fingerprint density at radius 2 is 2.08 bits per heavy atom. The summed E-state index contributed by atoms with van der Waals surface area (Å²) in [6.07, 6.45) is 2.89. The van der Waals surface area contributed by atoms with E-state index in [0.29, 0.717) is 5.91 Å². The lowest BCUT2D eigenvalue weighted by Crippen LogP contribution is -2.27. The second-order valence-corrected chi connectivity index (χ2v) is 3.48. The molecule has 0 aromatic rings. The first-order chi connectivity index (χ1) is 6.24. The van der Waals surface area contributed by atoms with E-state index in [1.807, 2.05) is 18.7 Å². The SMILES string of the molecule is CC.CCCC(=O)N1CCC(C)C1. The van der Waals surface area contributed by atoms with E-state index in [1.165, 1.54) is 6.42 Å². The zero-order chi connectivity index (χ0) is 10.3. The molecule has 2 heteroatoms. The van der Waals surface area contributed by atoms with Crippen LogP contribution in [0.3, 0.4) is 0 Å². The van der Waals surface area contributed by atoms with Crippen LogP contribution in [0.4, 0.5) is 0 Å². The zero-order valence-electron chi connectivity index (χ0n) is 9.47. The van der Waals surface area contributed by atoms with Gasteiger partial charge in [-0.25, -0.2) is 0 Å². The van der Waals surface area contributed by atoms with Gasteiger partial charge in [-0.2, -0.15) is 0 Å². The molecule has 1 amide bonds. The fourth-order valence-corrected chi connectivity index (χ4v) is 1.53. The van der Waals surface area contributed by atoms with Crippen LogP contribution < -0.4 is 0 Å². The summed E-state index contributed by atoms with van der Waals surface area (Å²) < 4.78 is 0. The quantitative estimate of drug-likeness (QED) is 0.647. The van der Waals surface area contributed by atoms with Gasteiger partial charge < -0.3 is 4.90 Å². The Balaban J connectivity index is 0.000000671. The molecule has 78 valence electrons. The molecule has 1 aliphatic rings. The van der Waals surface area contributed by atoms with Crippen molar-refractivity contribution in [2.45, 2.75) is 47.0 Å². The highest BCUT2D eigenvalue weighted by Crippen LogP contribution is 2.15. The van der Waals surface area contributed by atoms with Crippen LogP contribution in [0.5, 0.6) is 0 Å². The van der Waals surface area contributed by atoms with E-state index in [2.05, 4.69) is 13.8 Å². The number of carbonyl (C=O) groups excluding carboxylic acids is 1. The van der Waals surface area contributed by atoms with Crippen LogP contribution in [0.1, 0.15) is 47.0 Å². The van der Waals surface area contributed by atoms with E-state index in [-0.39, 0.29) is 0 Å². The van der Waals surface area contributed by atoms with Gasteiger partial charge in [-0.05, 0) is 18.8 Å². The maximum atomic E-state index is 11.3. The van der Waals surface area contributed by atoms with E-state index in [0.717, 1.165) is 31.8 Å². The maximum Gasteiger partial charge on any atom is 0.222 e. The third kappa shape index (κ3) is 4.30. The van der Waals surface area contributed by atoms with Crippen LogP contribution in [-0.2, 0) is 4.79 Å². The lowest BCUT2D eigenvalue weighted by Gasteiger charge is -2.14. The van der Waals surface area contributed by atoms with Crippen LogP contribution in [0.15, 0.2) is 0 Å². The number of rotatable bonds is 2. The highest BCUT2D eigenvalue weighted by Gasteiger charge is 2.21. The largest absolute Gasteiger partial charge is 0.342 e. The lowest BCUT2D eigenvalue weighted by atomic mass is 10.2. The van der Waals surface area contributed by atoms with Gasteiger partial charge in [0.2, 0.25) is 5.91 Å². The second-order valence-electron chi connectivity index (χ2n) is 3.48. The summed E-state index contributed by atoms with van der Waals surface area (Å²) in [4.78, 5) is 13.3. The molecule has 1 atom stereocenters. The molecule has 1 aliphatic heterocycles. The molecule has 0 bridgehead atoms. The first-order valence-corrected chi connectivity index (χ1v) is 5.51. The molecule has 0 N–H and O–H groups in total. The van der Waals surface area contributed by atoms with Gasteiger partial charge in [0.1, 0.15) is 0 Å². The van der Waals surface area contributed by atoms with Gasteiger partial charge in [-0.15, -0.1) is 0 Å². The molecule has 0 saturated carbocycles. The predicted octanol–water partition coefficient (Wildman–Crippen LogP) is 2.68. The Hall–Kier alpha value is -0.530. The second kappa shape index (κ2) is 6.93. The number of carbonyl (C=O) groups is 1. The minimum Gasteiger partial charge on any atom is -0.342 e. The van der Waals surface area contributed by atoms with Crippen molar-refractivity contribution in [3.8, 4) is 0 Å². The van der Waals surface area contributed by atoms with Crippen molar-refractivity contribution in [3.63, 3.8) is 0 Å². The summed E-state index contributed by atoms with van der Waals surface area (Å²) in [6, 6.07) is 0. The highest BCUT2D eigenvalue weighted by atomic mass is 16.2. The fraction of sp³-hybridized carbons (Fsp3) is 0.909. The highest BCUT2D eigenvalue weighted by molar-refractivity contribution is 5.76. The molecule has 0 radical (unpaired) electrons. The van der Waals surface area contributed by atoms with Crippen molar-refractivity contribution in [3.05, 3.63) is 0 Å². The number of hydrogen-bond acceptors (Lipinski definition) is 1. The Labute approximate surface area is 82.3 Å². The maximum absolute atomic E-state index is 11.3. The molecule has 13 heavy (non-hydrogen) atoms. The monoisotopic (exact) mass is 185 g/mol. The zero-order valence-corrected chi connectivity index (χ0v) is 9.47. The van der Waals surface area contributed by atoms with Gasteiger partial charge in [0.25, 0.3) is 0 Å². The Bertz CT molecular complexity index is 145. The minimum absolute atomic E-state index is 0.344. The molecule has 0 aromatic carbocycles. The van der Waals surface area contributed by atoms with Crippen molar-refractivity contribution >= 4 is 5.91 Å². The van der Waals surface area contributed by atoms with Gasteiger partial charge in [0.15, 0.2) is 0 Å². The first kappa shape index (κ1) is 12.5. The van der Waals surface area contributed by atoms with E-state index < -0.39 is 0 Å². The lowest BCUT2D eigenvalue weighted by molar-refractivity contribution is -0.130. The molecule has 2 nitrogen and oxygen atoms in total. The summed E-state index contributed by atoms with van der Waals surface area (Å²) in [5.41, 5.74) is 0. The van der Waals surface area contributed by atoms with E-state index in [4.69, 9.17) is 0 Å². The topological polar surface area (TPSA) is 20.3 Å². The van der Waals surface area contributed by atoms with Gasteiger partial charge in [0.05, 0.1) is 0 Å². The van der Waals surface area contributed by atoms with Crippen molar-refractivity contribution < 1.29 is 4.79 Å². The van der Waals surface area contributed by atoms with Crippen molar-refractivity contribution in [1.82, 2.24) is 4.90 Å². The molecular formula is C11H23NO. The van der Waals surface area contributed by atoms with E-state index >= 15 is 0 Å². The Kier molecular flexibility index (Phi) is 6.65. The third-order valence-corrected chi connectivity index (χ3v) is 2.24. The first-order valence-electron chi connectivity index (χ1n) is 5.51. The number of nitrogens with zero attached hydrogens (tertiary/aromatic N) is 1. The van der Waals surface area contributed by atoms with Gasteiger partial charge in [-0.3, -0.25) is 4.79 Å². The molecule has 1 fully saturated rings. The number of likely N-dealkylation sites (tertiary alicyclic amines) is 1. The summed E-state index contributed by atoms with van der Waals surface area (Å²) in [7, 11) is 0. The average Bonchev–Trinajstić information content (AvgIpc) is 2.56. The van der Waals surface area contributed by atoms with Gasteiger partial charge in [-0.1, -0.05) is 27.7 Å². The van der Waals surface area contributed by atoms with Crippen molar-refractivity contribution in [2.24, 2.45) is 5.92 Å². The smallest absolute Gasteiger partial charge is 0.222 e.